The van der Waals surface area contributed by atoms with Crippen molar-refractivity contribution in [2.24, 2.45) is 5.92 Å². The molecule has 27 heavy (non-hydrogen) atoms. The molecule has 0 bridgehead atoms. The number of hydrogen-bond donors (Lipinski definition) is 1. The molecule has 142 valence electrons. The van der Waals surface area contributed by atoms with Gasteiger partial charge in [-0.2, -0.15) is 0 Å². The topological polar surface area (TPSA) is 65.0 Å². The van der Waals surface area contributed by atoms with E-state index in [4.69, 9.17) is 14.2 Å². The molecule has 1 N–H and O–H groups in total. The number of rotatable bonds is 5. The van der Waals surface area contributed by atoms with Crippen molar-refractivity contribution in [3.8, 4) is 0 Å². The number of carbonyl (C=O) groups excluding carboxylic acids is 1. The molecule has 0 radical (unpaired) electrons. The number of carbonyl (C=O) groups is 1. The molecule has 0 saturated carbocycles. The Hall–Kier alpha value is -1.69. The van der Waals surface area contributed by atoms with Crippen molar-refractivity contribution < 1.29 is 24.1 Å². The Balaban J connectivity index is 1.45. The predicted molar refractivity (Wildman–Crippen MR) is 101 cm³/mol. The van der Waals surface area contributed by atoms with Crippen LogP contribution in [0.1, 0.15) is 12.5 Å². The van der Waals surface area contributed by atoms with Crippen LogP contribution in [-0.4, -0.2) is 51.1 Å². The molecule has 0 aromatic heterocycles. The van der Waals surface area contributed by atoms with Crippen molar-refractivity contribution in [2.45, 2.75) is 36.3 Å². The predicted octanol–water partition coefficient (Wildman–Crippen LogP) is 1.67. The van der Waals surface area contributed by atoms with Crippen LogP contribution in [0.2, 0.25) is 4.31 Å². The minimum absolute atomic E-state index is 0.119. The molecule has 0 amide bonds. The van der Waals surface area contributed by atoms with Crippen molar-refractivity contribution in [3.05, 3.63) is 66.2 Å². The molecule has 6 heteroatoms. The van der Waals surface area contributed by atoms with E-state index in [1.165, 1.54) is 0 Å². The molecular weight excluding hydrogens is 411 g/mol. The van der Waals surface area contributed by atoms with Crippen LogP contribution in [-0.2, 0) is 25.6 Å². The van der Waals surface area contributed by atoms with Crippen molar-refractivity contribution in [2.75, 3.05) is 6.61 Å². The van der Waals surface area contributed by atoms with Gasteiger partial charge in [0.1, 0.15) is 0 Å². The van der Waals surface area contributed by atoms with Gasteiger partial charge in [-0.15, -0.1) is 0 Å². The Morgan fingerprint density at radius 2 is 1.81 bits per heavy atom. The number of benzene rings is 2. The van der Waals surface area contributed by atoms with E-state index >= 15 is 0 Å². The summed E-state index contributed by atoms with van der Waals surface area (Å²) in [6.07, 6.45) is -2.39. The second-order valence-electron chi connectivity index (χ2n) is 6.99. The Morgan fingerprint density at radius 1 is 1.15 bits per heavy atom. The molecule has 2 heterocycles. The maximum atomic E-state index is 12.7. The van der Waals surface area contributed by atoms with E-state index in [2.05, 4.69) is 0 Å². The Bertz CT molecular complexity index is 784. The summed E-state index contributed by atoms with van der Waals surface area (Å²) in [5.41, 5.74) is 0.996. The molecule has 2 aromatic rings. The molecule has 0 unspecified atom stereocenters. The number of esters is 1. The van der Waals surface area contributed by atoms with E-state index in [0.29, 0.717) is 13.2 Å². The molecule has 2 aliphatic rings. The molecule has 5 atom stereocenters. The standard InChI is InChI=1S/C21H22O5Se/c1-21(27-15-10-6-3-7-11-15)16-13-25-19(17(22)18(16)26-20(21)23)24-12-14-8-4-2-5-9-14/h2-11,16-19,22H,12-13H2,1H3/t16-,17+,18-,19+,21-/m1/s1. The fraction of sp³-hybridized carbons (Fsp3) is 0.381. The first kappa shape index (κ1) is 18.7. The van der Waals surface area contributed by atoms with Gasteiger partial charge in [0.15, 0.2) is 0 Å². The average molecular weight is 433 g/mol. The monoisotopic (exact) mass is 434 g/mol. The fourth-order valence-corrected chi connectivity index (χ4v) is 6.21. The first-order valence-electron chi connectivity index (χ1n) is 8.98. The van der Waals surface area contributed by atoms with Crippen LogP contribution >= 0.6 is 0 Å². The molecule has 5 nitrogen and oxygen atoms in total. The zero-order chi connectivity index (χ0) is 18.9. The van der Waals surface area contributed by atoms with E-state index in [1.54, 1.807) is 0 Å². The summed E-state index contributed by atoms with van der Waals surface area (Å²) in [6.45, 7) is 2.59. The summed E-state index contributed by atoms with van der Waals surface area (Å²) in [5.74, 6) is -0.440. The molecule has 2 fully saturated rings. The van der Waals surface area contributed by atoms with Crippen LogP contribution < -0.4 is 4.46 Å². The molecule has 2 saturated heterocycles. The fourth-order valence-electron chi connectivity index (χ4n) is 3.55. The zero-order valence-corrected chi connectivity index (χ0v) is 16.7. The maximum absolute atomic E-state index is 12.7. The van der Waals surface area contributed by atoms with Crippen LogP contribution in [0.25, 0.3) is 0 Å². The Labute approximate surface area is 164 Å². The van der Waals surface area contributed by atoms with Gasteiger partial charge < -0.3 is 0 Å². The van der Waals surface area contributed by atoms with Crippen LogP contribution in [0.5, 0.6) is 0 Å². The normalized spacial score (nSPS) is 32.7. The van der Waals surface area contributed by atoms with Gasteiger partial charge in [0.05, 0.1) is 0 Å². The van der Waals surface area contributed by atoms with Crippen molar-refractivity contribution in [1.29, 1.82) is 0 Å². The minimum atomic E-state index is -0.996. The summed E-state index contributed by atoms with van der Waals surface area (Å²) in [5, 5.41) is 10.7. The van der Waals surface area contributed by atoms with Crippen molar-refractivity contribution in [1.82, 2.24) is 0 Å². The molecule has 2 aromatic carbocycles. The van der Waals surface area contributed by atoms with Crippen LogP contribution in [0.15, 0.2) is 60.7 Å². The van der Waals surface area contributed by atoms with Gasteiger partial charge >= 0.3 is 165 Å². The van der Waals surface area contributed by atoms with E-state index in [9.17, 15) is 9.90 Å². The van der Waals surface area contributed by atoms with E-state index in [1.807, 2.05) is 67.6 Å². The zero-order valence-electron chi connectivity index (χ0n) is 15.0. The number of aliphatic hydroxyl groups excluding tert-OH is 1. The quantitative estimate of drug-likeness (QED) is 0.574. The molecule has 4 rings (SSSR count). The third-order valence-electron chi connectivity index (χ3n) is 5.14. The van der Waals surface area contributed by atoms with Crippen LogP contribution in [0.4, 0.5) is 0 Å². The second-order valence-corrected chi connectivity index (χ2v) is 10.2. The number of ether oxygens (including phenoxy) is 3. The van der Waals surface area contributed by atoms with Crippen molar-refractivity contribution >= 4 is 25.4 Å². The SMILES string of the molecule is C[C@]1([Se]c2ccccc2)C(=O)O[C@H]2[C@H](O)[C@@H](OCc3ccccc3)OC[C@H]21. The van der Waals surface area contributed by atoms with Gasteiger partial charge in [-0.3, -0.25) is 0 Å². The summed E-state index contributed by atoms with van der Waals surface area (Å²) < 4.78 is 17.6. The summed E-state index contributed by atoms with van der Waals surface area (Å²) in [4.78, 5) is 12.7. The van der Waals surface area contributed by atoms with E-state index in [-0.39, 0.29) is 26.8 Å². The van der Waals surface area contributed by atoms with Gasteiger partial charge in [0, 0.05) is 0 Å². The number of aliphatic hydroxyl groups is 1. The third kappa shape index (κ3) is 3.68. The molecular formula is C21H22O5Se. The van der Waals surface area contributed by atoms with Gasteiger partial charge in [-0.25, -0.2) is 0 Å². The summed E-state index contributed by atoms with van der Waals surface area (Å²) in [6, 6.07) is 19.7. The van der Waals surface area contributed by atoms with Crippen LogP contribution in [0.3, 0.4) is 0 Å². The second kappa shape index (κ2) is 7.74. The first-order valence-corrected chi connectivity index (χ1v) is 10.7. The molecule has 0 spiro atoms. The van der Waals surface area contributed by atoms with Crippen LogP contribution in [0, 0.1) is 5.92 Å². The Morgan fingerprint density at radius 3 is 2.52 bits per heavy atom. The summed E-state index contributed by atoms with van der Waals surface area (Å²) in [7, 11) is 0. The average Bonchev–Trinajstić information content (AvgIpc) is 2.94. The van der Waals surface area contributed by atoms with Gasteiger partial charge in [0.2, 0.25) is 0 Å². The third-order valence-corrected chi connectivity index (χ3v) is 8.08. The first-order chi connectivity index (χ1) is 13.1. The molecule has 2 aliphatic heterocycles. The molecule has 0 aliphatic carbocycles. The van der Waals surface area contributed by atoms with Gasteiger partial charge in [0.25, 0.3) is 0 Å². The van der Waals surface area contributed by atoms with Crippen molar-refractivity contribution in [3.63, 3.8) is 0 Å². The Kier molecular flexibility index (Phi) is 5.35. The van der Waals surface area contributed by atoms with E-state index < -0.39 is 22.8 Å². The number of fused-ring (bicyclic) bond motifs is 1. The van der Waals surface area contributed by atoms with Gasteiger partial charge in [-0.05, 0) is 0 Å². The van der Waals surface area contributed by atoms with E-state index in [0.717, 1.165) is 10.0 Å². The summed E-state index contributed by atoms with van der Waals surface area (Å²) >= 11 is -0.119. The van der Waals surface area contributed by atoms with Gasteiger partial charge in [-0.1, -0.05) is 0 Å². The number of hydrogen-bond acceptors (Lipinski definition) is 5.